The van der Waals surface area contributed by atoms with Crippen LogP contribution in [0.3, 0.4) is 0 Å². The molecule has 6 heteroatoms. The van der Waals surface area contributed by atoms with E-state index in [0.717, 1.165) is 11.1 Å². The molecule has 0 aliphatic heterocycles. The Morgan fingerprint density at radius 3 is 2.62 bits per heavy atom. The van der Waals surface area contributed by atoms with Crippen molar-refractivity contribution in [1.82, 2.24) is 15.1 Å². The lowest BCUT2D eigenvalue weighted by Gasteiger charge is -1.99. The molecule has 2 heterocycles. The number of benzene rings is 1. The average molecular weight is 282 g/mol. The topological polar surface area (TPSA) is 87.1 Å². The van der Waals surface area contributed by atoms with Crippen molar-refractivity contribution in [3.05, 3.63) is 54.0 Å². The van der Waals surface area contributed by atoms with E-state index in [-0.39, 0.29) is 0 Å². The number of nitrogen functional groups attached to an aromatic ring is 1. The molecule has 0 unspecified atom stereocenters. The highest BCUT2D eigenvalue weighted by molar-refractivity contribution is 5.56. The average Bonchev–Trinajstić information content (AvgIpc) is 2.97. The van der Waals surface area contributed by atoms with E-state index in [0.29, 0.717) is 29.7 Å². The van der Waals surface area contributed by atoms with Crippen molar-refractivity contribution >= 4 is 5.69 Å². The second-order valence-electron chi connectivity index (χ2n) is 4.52. The number of nitrogens with two attached hydrogens (primary N) is 1. The fourth-order valence-corrected chi connectivity index (χ4v) is 1.89. The molecule has 0 aliphatic rings. The molecule has 2 aromatic heterocycles. The van der Waals surface area contributed by atoms with Crippen molar-refractivity contribution in [2.24, 2.45) is 0 Å². The Hall–Kier alpha value is -2.89. The van der Waals surface area contributed by atoms with Gasteiger partial charge in [-0.05, 0) is 29.8 Å². The molecular formula is C15H14N4O2. The predicted molar refractivity (Wildman–Crippen MR) is 77.7 cm³/mol. The summed E-state index contributed by atoms with van der Waals surface area (Å²) < 4.78 is 10.3. The van der Waals surface area contributed by atoms with Gasteiger partial charge in [-0.15, -0.1) is 0 Å². The number of ether oxygens (including phenoxy) is 1. The smallest absolute Gasteiger partial charge is 0.257 e. The second-order valence-corrected chi connectivity index (χ2v) is 4.52. The molecule has 0 aliphatic carbocycles. The first-order valence-corrected chi connectivity index (χ1v) is 6.42. The van der Waals surface area contributed by atoms with E-state index in [1.165, 1.54) is 0 Å². The normalized spacial score (nSPS) is 10.5. The maximum absolute atomic E-state index is 5.65. The van der Waals surface area contributed by atoms with Crippen molar-refractivity contribution in [3.8, 4) is 17.3 Å². The van der Waals surface area contributed by atoms with Crippen LogP contribution in [-0.4, -0.2) is 22.2 Å². The van der Waals surface area contributed by atoms with Gasteiger partial charge in [-0.3, -0.25) is 0 Å². The first-order chi connectivity index (χ1) is 10.2. The molecule has 3 aromatic rings. The molecule has 0 radical (unpaired) electrons. The molecule has 0 bridgehead atoms. The van der Waals surface area contributed by atoms with Crippen LogP contribution in [0.2, 0.25) is 0 Å². The third kappa shape index (κ3) is 3.00. The zero-order valence-electron chi connectivity index (χ0n) is 11.5. The molecule has 0 saturated heterocycles. The summed E-state index contributed by atoms with van der Waals surface area (Å²) in [7, 11) is 1.58. The third-order valence-electron chi connectivity index (χ3n) is 2.99. The number of rotatable bonds is 4. The Kier molecular flexibility index (Phi) is 3.51. The van der Waals surface area contributed by atoms with Gasteiger partial charge in [0.2, 0.25) is 5.88 Å². The Balaban J connectivity index is 1.76. The first-order valence-electron chi connectivity index (χ1n) is 6.42. The Morgan fingerprint density at radius 1 is 1.14 bits per heavy atom. The second kappa shape index (κ2) is 5.62. The molecule has 1 aromatic carbocycles. The minimum atomic E-state index is 0.478. The van der Waals surface area contributed by atoms with Crippen LogP contribution in [0.15, 0.2) is 47.1 Å². The maximum Gasteiger partial charge on any atom is 0.257 e. The van der Waals surface area contributed by atoms with Gasteiger partial charge in [0.15, 0.2) is 5.82 Å². The summed E-state index contributed by atoms with van der Waals surface area (Å²) in [5, 5.41) is 3.98. The van der Waals surface area contributed by atoms with Crippen molar-refractivity contribution < 1.29 is 9.26 Å². The van der Waals surface area contributed by atoms with E-state index >= 15 is 0 Å². The van der Waals surface area contributed by atoms with Gasteiger partial charge in [0.1, 0.15) is 0 Å². The van der Waals surface area contributed by atoms with Crippen molar-refractivity contribution in [2.45, 2.75) is 6.42 Å². The molecule has 0 atom stereocenters. The van der Waals surface area contributed by atoms with Crippen LogP contribution in [-0.2, 0) is 6.42 Å². The van der Waals surface area contributed by atoms with Gasteiger partial charge in [0.25, 0.3) is 5.89 Å². The third-order valence-corrected chi connectivity index (χ3v) is 2.99. The summed E-state index contributed by atoms with van der Waals surface area (Å²) in [5.74, 6) is 1.66. The Bertz CT molecular complexity index is 720. The Labute approximate surface area is 121 Å². The highest BCUT2D eigenvalue weighted by atomic mass is 16.5. The predicted octanol–water partition coefficient (Wildman–Crippen LogP) is 2.31. The van der Waals surface area contributed by atoms with Crippen molar-refractivity contribution in [2.75, 3.05) is 12.8 Å². The Morgan fingerprint density at radius 2 is 1.95 bits per heavy atom. The van der Waals surface area contributed by atoms with E-state index in [2.05, 4.69) is 15.1 Å². The van der Waals surface area contributed by atoms with E-state index in [4.69, 9.17) is 15.0 Å². The lowest BCUT2D eigenvalue weighted by Crippen LogP contribution is -1.93. The zero-order chi connectivity index (χ0) is 14.7. The van der Waals surface area contributed by atoms with Crippen LogP contribution < -0.4 is 10.5 Å². The highest BCUT2D eigenvalue weighted by Gasteiger charge is 2.09. The summed E-state index contributed by atoms with van der Waals surface area (Å²) in [6.45, 7) is 0. The minimum absolute atomic E-state index is 0.478. The summed E-state index contributed by atoms with van der Waals surface area (Å²) in [6.07, 6.45) is 2.29. The van der Waals surface area contributed by atoms with Crippen LogP contribution in [0.4, 0.5) is 5.69 Å². The van der Waals surface area contributed by atoms with Gasteiger partial charge in [-0.2, -0.15) is 4.98 Å². The quantitative estimate of drug-likeness (QED) is 0.739. The van der Waals surface area contributed by atoms with Crippen LogP contribution >= 0.6 is 0 Å². The van der Waals surface area contributed by atoms with Crippen LogP contribution in [0, 0.1) is 0 Å². The number of anilines is 1. The van der Waals surface area contributed by atoms with Gasteiger partial charge in [0.05, 0.1) is 7.11 Å². The number of pyridine rings is 1. The number of methoxy groups -OCH3 is 1. The lowest BCUT2D eigenvalue weighted by molar-refractivity contribution is 0.397. The largest absolute Gasteiger partial charge is 0.481 e. The van der Waals surface area contributed by atoms with E-state index in [1.54, 1.807) is 31.5 Å². The van der Waals surface area contributed by atoms with Gasteiger partial charge < -0.3 is 15.0 Å². The molecule has 0 fully saturated rings. The zero-order valence-corrected chi connectivity index (χ0v) is 11.5. The molecule has 0 spiro atoms. The van der Waals surface area contributed by atoms with E-state index in [1.807, 2.05) is 18.2 Å². The monoisotopic (exact) mass is 282 g/mol. The molecule has 21 heavy (non-hydrogen) atoms. The molecule has 0 amide bonds. The summed E-state index contributed by atoms with van der Waals surface area (Å²) in [5.41, 5.74) is 8.18. The number of hydrogen-bond donors (Lipinski definition) is 1. The van der Waals surface area contributed by atoms with Crippen LogP contribution in [0.1, 0.15) is 11.4 Å². The maximum atomic E-state index is 5.65. The minimum Gasteiger partial charge on any atom is -0.481 e. The molecule has 3 rings (SSSR count). The molecule has 2 N–H and O–H groups in total. The summed E-state index contributed by atoms with van der Waals surface area (Å²) >= 11 is 0. The van der Waals surface area contributed by atoms with Crippen LogP contribution in [0.25, 0.3) is 11.5 Å². The standard InChI is InChI=1S/C15H14N4O2/c1-20-14-7-2-10(9-17-14)8-13-18-15(21-19-13)11-3-5-12(16)6-4-11/h2-7,9H,8,16H2,1H3. The fourth-order valence-electron chi connectivity index (χ4n) is 1.89. The lowest BCUT2D eigenvalue weighted by atomic mass is 10.2. The van der Waals surface area contributed by atoms with Crippen molar-refractivity contribution in [3.63, 3.8) is 0 Å². The SMILES string of the molecule is COc1ccc(Cc2noc(-c3ccc(N)cc3)n2)cn1. The molecule has 106 valence electrons. The molecule has 6 nitrogen and oxygen atoms in total. The molecular weight excluding hydrogens is 268 g/mol. The van der Waals surface area contributed by atoms with Gasteiger partial charge in [0, 0.05) is 29.9 Å². The number of aromatic nitrogens is 3. The van der Waals surface area contributed by atoms with Gasteiger partial charge in [-0.25, -0.2) is 4.98 Å². The van der Waals surface area contributed by atoms with Crippen LogP contribution in [0.5, 0.6) is 5.88 Å². The molecule has 0 saturated carbocycles. The van der Waals surface area contributed by atoms with Gasteiger partial charge in [-0.1, -0.05) is 11.2 Å². The first kappa shape index (κ1) is 13.1. The van der Waals surface area contributed by atoms with E-state index < -0.39 is 0 Å². The summed E-state index contributed by atoms with van der Waals surface area (Å²) in [4.78, 5) is 8.52. The summed E-state index contributed by atoms with van der Waals surface area (Å²) in [6, 6.07) is 11.0. The number of hydrogen-bond acceptors (Lipinski definition) is 6. The van der Waals surface area contributed by atoms with Crippen molar-refractivity contribution in [1.29, 1.82) is 0 Å². The van der Waals surface area contributed by atoms with E-state index in [9.17, 15) is 0 Å². The highest BCUT2D eigenvalue weighted by Crippen LogP contribution is 2.19. The van der Waals surface area contributed by atoms with Gasteiger partial charge >= 0.3 is 0 Å². The number of nitrogens with zero attached hydrogens (tertiary/aromatic N) is 3. The fraction of sp³-hybridized carbons (Fsp3) is 0.133.